The summed E-state index contributed by atoms with van der Waals surface area (Å²) in [5.74, 6) is -0.256. The molecule has 1 heterocycles. The Kier molecular flexibility index (Phi) is 9.45. The maximum atomic E-state index is 12.9. The molecule has 39 heavy (non-hydrogen) atoms. The van der Waals surface area contributed by atoms with Gasteiger partial charge in [-0.05, 0) is 54.3 Å². The molecule has 5 nitrogen and oxygen atoms in total. The SMILES string of the molecule is CC(C)(C)OC(=O)C[C@H](O[Si](C)(C)C(C)(C)C)[C@@H]1O[C@@H]1CO[Si](c1ccccc1)(c1ccccc1)C(C)(C)C. The van der Waals surface area contributed by atoms with Crippen LogP contribution in [0.2, 0.25) is 23.2 Å². The Morgan fingerprint density at radius 1 is 0.821 bits per heavy atom. The van der Waals surface area contributed by atoms with E-state index in [0.29, 0.717) is 6.61 Å². The van der Waals surface area contributed by atoms with Gasteiger partial charge in [0.1, 0.15) is 17.8 Å². The van der Waals surface area contributed by atoms with Crippen LogP contribution in [-0.2, 0) is 23.1 Å². The minimum Gasteiger partial charge on any atom is -0.460 e. The van der Waals surface area contributed by atoms with Crippen molar-refractivity contribution in [3.63, 3.8) is 0 Å². The lowest BCUT2D eigenvalue weighted by Gasteiger charge is -2.43. The van der Waals surface area contributed by atoms with E-state index in [1.807, 2.05) is 20.8 Å². The predicted octanol–water partition coefficient (Wildman–Crippen LogP) is 6.45. The number of ether oxygens (including phenoxy) is 2. The molecule has 0 bridgehead atoms. The van der Waals surface area contributed by atoms with Crippen LogP contribution < -0.4 is 10.4 Å². The maximum Gasteiger partial charge on any atom is 0.308 e. The van der Waals surface area contributed by atoms with Gasteiger partial charge in [0.15, 0.2) is 8.32 Å². The Hall–Kier alpha value is -1.78. The third-order valence-corrected chi connectivity index (χ3v) is 17.4. The first-order valence-electron chi connectivity index (χ1n) is 14.2. The van der Waals surface area contributed by atoms with E-state index in [4.69, 9.17) is 18.3 Å². The van der Waals surface area contributed by atoms with Gasteiger partial charge in [-0.2, -0.15) is 0 Å². The largest absolute Gasteiger partial charge is 0.460 e. The second kappa shape index (κ2) is 11.6. The molecule has 0 N–H and O–H groups in total. The minimum absolute atomic E-state index is 0.00892. The number of esters is 1. The predicted molar refractivity (Wildman–Crippen MR) is 165 cm³/mol. The Labute approximate surface area is 238 Å². The van der Waals surface area contributed by atoms with Gasteiger partial charge in [-0.1, -0.05) is 102 Å². The van der Waals surface area contributed by atoms with E-state index in [9.17, 15) is 4.79 Å². The lowest BCUT2D eigenvalue weighted by atomic mass is 10.1. The molecule has 1 aliphatic heterocycles. The molecule has 3 atom stereocenters. The van der Waals surface area contributed by atoms with Crippen molar-refractivity contribution in [3.8, 4) is 0 Å². The van der Waals surface area contributed by atoms with Crippen molar-refractivity contribution >= 4 is 33.0 Å². The summed E-state index contributed by atoms with van der Waals surface area (Å²) < 4.78 is 25.8. The standard InChI is InChI=1S/C32H50O5Si2/c1-30(2,3)36-28(33)22-26(37-38(10,11)31(4,5)6)29-27(35-29)23-34-39(32(7,8)9,24-18-14-12-15-19-24)25-20-16-13-17-21-25/h12-21,26-27,29H,22-23H2,1-11H3/t26-,27+,29-/m0/s1. The molecule has 3 rings (SSSR count). The fraction of sp³-hybridized carbons (Fsp3) is 0.594. The molecule has 2 aromatic carbocycles. The van der Waals surface area contributed by atoms with Crippen molar-refractivity contribution < 1.29 is 23.1 Å². The number of rotatable bonds is 10. The van der Waals surface area contributed by atoms with Crippen molar-refractivity contribution in [3.05, 3.63) is 60.7 Å². The average Bonchev–Trinajstić information content (AvgIpc) is 3.57. The van der Waals surface area contributed by atoms with Crippen molar-refractivity contribution in [1.29, 1.82) is 0 Å². The monoisotopic (exact) mass is 570 g/mol. The Bertz CT molecular complexity index is 1040. The van der Waals surface area contributed by atoms with Crippen LogP contribution in [-0.4, -0.2) is 53.1 Å². The number of carbonyl (C=O) groups is 1. The first kappa shape index (κ1) is 31.7. The van der Waals surface area contributed by atoms with Gasteiger partial charge in [0.2, 0.25) is 0 Å². The van der Waals surface area contributed by atoms with Gasteiger partial charge in [0.05, 0.1) is 19.1 Å². The number of hydrogen-bond donors (Lipinski definition) is 0. The van der Waals surface area contributed by atoms with Gasteiger partial charge in [0.25, 0.3) is 8.32 Å². The van der Waals surface area contributed by atoms with E-state index in [1.54, 1.807) is 0 Å². The van der Waals surface area contributed by atoms with Crippen LogP contribution in [0.5, 0.6) is 0 Å². The molecular weight excluding hydrogens is 521 g/mol. The third-order valence-electron chi connectivity index (χ3n) is 7.91. The van der Waals surface area contributed by atoms with Gasteiger partial charge in [-0.3, -0.25) is 4.79 Å². The van der Waals surface area contributed by atoms with E-state index in [1.165, 1.54) is 10.4 Å². The molecule has 0 aromatic heterocycles. The molecule has 0 spiro atoms. The average molecular weight is 571 g/mol. The van der Waals surface area contributed by atoms with Crippen LogP contribution in [0.4, 0.5) is 0 Å². The van der Waals surface area contributed by atoms with Gasteiger partial charge < -0.3 is 18.3 Å². The minimum atomic E-state index is -2.68. The molecule has 1 aliphatic rings. The fourth-order valence-electron chi connectivity index (χ4n) is 4.91. The van der Waals surface area contributed by atoms with Gasteiger partial charge in [-0.15, -0.1) is 0 Å². The molecule has 216 valence electrons. The van der Waals surface area contributed by atoms with Crippen molar-refractivity contribution in [2.24, 2.45) is 0 Å². The van der Waals surface area contributed by atoms with E-state index in [2.05, 4.69) is 115 Å². The molecule has 0 amide bonds. The van der Waals surface area contributed by atoms with Crippen LogP contribution in [0.1, 0.15) is 68.7 Å². The summed E-state index contributed by atoms with van der Waals surface area (Å²) in [7, 11) is -4.84. The molecule has 1 saturated heterocycles. The quantitative estimate of drug-likeness (QED) is 0.187. The molecule has 7 heteroatoms. The highest BCUT2D eigenvalue weighted by molar-refractivity contribution is 6.99. The normalized spacial score (nSPS) is 19.5. The van der Waals surface area contributed by atoms with Crippen molar-refractivity contribution in [2.75, 3.05) is 6.61 Å². The summed E-state index contributed by atoms with van der Waals surface area (Å²) in [4.78, 5) is 12.9. The zero-order chi connectivity index (χ0) is 29.3. The van der Waals surface area contributed by atoms with E-state index in [-0.39, 0.29) is 40.8 Å². The van der Waals surface area contributed by atoms with E-state index < -0.39 is 22.2 Å². The highest BCUT2D eigenvalue weighted by Crippen LogP contribution is 2.42. The highest BCUT2D eigenvalue weighted by Gasteiger charge is 2.54. The van der Waals surface area contributed by atoms with Gasteiger partial charge in [0, 0.05) is 0 Å². The summed E-state index contributed by atoms with van der Waals surface area (Å²) in [5.41, 5.74) is -0.547. The first-order chi connectivity index (χ1) is 17.9. The molecule has 0 aliphatic carbocycles. The second-order valence-electron chi connectivity index (χ2n) is 14.3. The first-order valence-corrected chi connectivity index (χ1v) is 19.0. The van der Waals surface area contributed by atoms with Gasteiger partial charge in [-0.25, -0.2) is 0 Å². The van der Waals surface area contributed by atoms with Crippen molar-refractivity contribution in [1.82, 2.24) is 0 Å². The van der Waals surface area contributed by atoms with Crippen molar-refractivity contribution in [2.45, 2.75) is 116 Å². The third kappa shape index (κ3) is 7.70. The zero-order valence-electron chi connectivity index (χ0n) is 26.0. The molecule has 1 fully saturated rings. The summed E-state index contributed by atoms with van der Waals surface area (Å²) >= 11 is 0. The maximum absolute atomic E-state index is 12.9. The highest BCUT2D eigenvalue weighted by atomic mass is 28.4. The molecule has 0 radical (unpaired) electrons. The van der Waals surface area contributed by atoms with Crippen LogP contribution in [0.25, 0.3) is 0 Å². The zero-order valence-corrected chi connectivity index (χ0v) is 28.0. The summed E-state index contributed by atoms with van der Waals surface area (Å²) in [5, 5.41) is 2.37. The summed E-state index contributed by atoms with van der Waals surface area (Å²) in [6.07, 6.45) is -0.535. The van der Waals surface area contributed by atoms with Gasteiger partial charge >= 0.3 is 5.97 Å². The number of benzene rings is 2. The van der Waals surface area contributed by atoms with Crippen LogP contribution in [0.15, 0.2) is 60.7 Å². The van der Waals surface area contributed by atoms with E-state index in [0.717, 1.165) is 0 Å². The molecule has 0 unspecified atom stereocenters. The summed E-state index contributed by atoms with van der Waals surface area (Å²) in [6, 6.07) is 21.3. The van der Waals surface area contributed by atoms with Crippen LogP contribution >= 0.6 is 0 Å². The Balaban J connectivity index is 1.87. The van der Waals surface area contributed by atoms with Crippen LogP contribution in [0.3, 0.4) is 0 Å². The number of epoxide rings is 1. The molecular formula is C32H50O5Si2. The van der Waals surface area contributed by atoms with E-state index >= 15 is 0 Å². The summed E-state index contributed by atoms with van der Waals surface area (Å²) in [6.45, 7) is 24.0. The second-order valence-corrected chi connectivity index (χ2v) is 23.4. The number of carbonyl (C=O) groups excluding carboxylic acids is 1. The Morgan fingerprint density at radius 2 is 1.31 bits per heavy atom. The molecule has 2 aromatic rings. The fourth-order valence-corrected chi connectivity index (χ4v) is 10.8. The van der Waals surface area contributed by atoms with Crippen LogP contribution in [0, 0.1) is 0 Å². The lowest BCUT2D eigenvalue weighted by molar-refractivity contribution is -0.157. The lowest BCUT2D eigenvalue weighted by Crippen LogP contribution is -2.66. The Morgan fingerprint density at radius 3 is 1.72 bits per heavy atom. The molecule has 0 saturated carbocycles. The topological polar surface area (TPSA) is 57.3 Å². The number of hydrogen-bond acceptors (Lipinski definition) is 5. The smallest absolute Gasteiger partial charge is 0.308 e.